The molecule has 1 saturated carbocycles. The van der Waals surface area contributed by atoms with Gasteiger partial charge in [0.2, 0.25) is 11.8 Å². The standard InChI is InChI=1S/C21H37N5O3/c1-16(2)14-18(24-17(3)27)19(28)26(12-7-11-25-13-10-23-15-25)21(20(22)29)8-5-4-6-9-21/h10,13,15-16,18-19,28H,4-9,11-12,14H2,1-3H3,(H2,22,29)(H,24,27). The molecule has 29 heavy (non-hydrogen) atoms. The summed E-state index contributed by atoms with van der Waals surface area (Å²) < 4.78 is 1.97. The highest BCUT2D eigenvalue weighted by Gasteiger charge is 2.47. The number of carbonyl (C=O) groups excluding carboxylic acids is 2. The molecular formula is C21H37N5O3. The Morgan fingerprint density at radius 2 is 2.00 bits per heavy atom. The van der Waals surface area contributed by atoms with Gasteiger partial charge in [-0.3, -0.25) is 14.5 Å². The summed E-state index contributed by atoms with van der Waals surface area (Å²) in [4.78, 5) is 30.4. The van der Waals surface area contributed by atoms with E-state index in [1.165, 1.54) is 6.92 Å². The van der Waals surface area contributed by atoms with Crippen LogP contribution in [-0.4, -0.2) is 55.7 Å². The zero-order valence-corrected chi connectivity index (χ0v) is 18.0. The molecule has 1 aromatic rings. The highest BCUT2D eigenvalue weighted by molar-refractivity contribution is 5.84. The van der Waals surface area contributed by atoms with Crippen molar-refractivity contribution in [1.82, 2.24) is 19.8 Å². The molecule has 0 radical (unpaired) electrons. The summed E-state index contributed by atoms with van der Waals surface area (Å²) in [7, 11) is 0. The van der Waals surface area contributed by atoms with E-state index < -0.39 is 17.8 Å². The number of primary amides is 1. The number of aliphatic hydroxyl groups excluding tert-OH is 1. The fourth-order valence-electron chi connectivity index (χ4n) is 4.50. The molecule has 8 nitrogen and oxygen atoms in total. The van der Waals surface area contributed by atoms with E-state index in [1.54, 1.807) is 12.5 Å². The van der Waals surface area contributed by atoms with Crippen molar-refractivity contribution in [1.29, 1.82) is 0 Å². The minimum absolute atomic E-state index is 0.190. The fraction of sp³-hybridized carbons (Fsp3) is 0.762. The van der Waals surface area contributed by atoms with E-state index in [1.807, 2.05) is 15.7 Å². The Hall–Kier alpha value is -1.93. The van der Waals surface area contributed by atoms with Crippen LogP contribution >= 0.6 is 0 Å². The topological polar surface area (TPSA) is 113 Å². The molecule has 1 aliphatic carbocycles. The summed E-state index contributed by atoms with van der Waals surface area (Å²) in [5.41, 5.74) is 5.04. The van der Waals surface area contributed by atoms with Crippen LogP contribution in [0, 0.1) is 5.92 Å². The minimum atomic E-state index is -0.977. The van der Waals surface area contributed by atoms with Gasteiger partial charge in [-0.2, -0.15) is 0 Å². The number of aliphatic hydroxyl groups is 1. The smallest absolute Gasteiger partial charge is 0.238 e. The van der Waals surface area contributed by atoms with Crippen molar-refractivity contribution in [3.63, 3.8) is 0 Å². The summed E-state index contributed by atoms with van der Waals surface area (Å²) in [6.45, 7) is 6.79. The number of amides is 2. The van der Waals surface area contributed by atoms with Crippen LogP contribution in [0.25, 0.3) is 0 Å². The second-order valence-corrected chi connectivity index (χ2v) is 8.65. The van der Waals surface area contributed by atoms with E-state index in [-0.39, 0.29) is 17.7 Å². The zero-order chi connectivity index (χ0) is 21.4. The normalized spacial score (nSPS) is 18.6. The number of nitrogens with zero attached hydrogens (tertiary/aromatic N) is 3. The van der Waals surface area contributed by atoms with E-state index in [0.717, 1.165) is 32.2 Å². The SMILES string of the molecule is CC(=O)NC(CC(C)C)C(O)N(CCCn1ccnc1)C1(C(N)=O)CCCCC1. The van der Waals surface area contributed by atoms with E-state index >= 15 is 0 Å². The van der Waals surface area contributed by atoms with Gasteiger partial charge in [0.25, 0.3) is 0 Å². The lowest BCUT2D eigenvalue weighted by Gasteiger charge is -2.48. The van der Waals surface area contributed by atoms with E-state index in [2.05, 4.69) is 24.1 Å². The molecule has 4 N–H and O–H groups in total. The van der Waals surface area contributed by atoms with Gasteiger partial charge in [-0.1, -0.05) is 33.1 Å². The Morgan fingerprint density at radius 1 is 1.31 bits per heavy atom. The summed E-state index contributed by atoms with van der Waals surface area (Å²) >= 11 is 0. The number of hydrogen-bond acceptors (Lipinski definition) is 5. The molecule has 164 valence electrons. The molecule has 2 unspecified atom stereocenters. The summed E-state index contributed by atoms with van der Waals surface area (Å²) in [6.07, 6.45) is 9.90. The monoisotopic (exact) mass is 407 g/mol. The second-order valence-electron chi connectivity index (χ2n) is 8.65. The first-order valence-corrected chi connectivity index (χ1v) is 10.7. The highest BCUT2D eigenvalue weighted by atomic mass is 16.3. The molecular weight excluding hydrogens is 370 g/mol. The highest BCUT2D eigenvalue weighted by Crippen LogP contribution is 2.36. The van der Waals surface area contributed by atoms with Crippen LogP contribution in [0.3, 0.4) is 0 Å². The maximum atomic E-state index is 12.6. The van der Waals surface area contributed by atoms with Crippen molar-refractivity contribution < 1.29 is 14.7 Å². The Kier molecular flexibility index (Phi) is 8.64. The van der Waals surface area contributed by atoms with Gasteiger partial charge in [-0.25, -0.2) is 4.98 Å². The van der Waals surface area contributed by atoms with Gasteiger partial charge in [-0.15, -0.1) is 0 Å². The third kappa shape index (κ3) is 6.27. The average Bonchev–Trinajstić information content (AvgIpc) is 3.17. The molecule has 2 atom stereocenters. The lowest BCUT2D eigenvalue weighted by molar-refractivity contribution is -0.150. The van der Waals surface area contributed by atoms with Crippen LogP contribution in [0.5, 0.6) is 0 Å². The van der Waals surface area contributed by atoms with Crippen molar-refractivity contribution in [3.05, 3.63) is 18.7 Å². The van der Waals surface area contributed by atoms with Crippen molar-refractivity contribution in [2.45, 2.75) is 90.1 Å². The van der Waals surface area contributed by atoms with Gasteiger partial charge >= 0.3 is 0 Å². The molecule has 1 heterocycles. The lowest BCUT2D eigenvalue weighted by Crippen LogP contribution is -2.66. The van der Waals surface area contributed by atoms with Crippen LogP contribution in [-0.2, 0) is 16.1 Å². The van der Waals surface area contributed by atoms with Gasteiger partial charge in [0.15, 0.2) is 0 Å². The lowest BCUT2D eigenvalue weighted by atomic mass is 9.78. The number of hydrogen-bond donors (Lipinski definition) is 3. The van der Waals surface area contributed by atoms with Gasteiger partial charge in [-0.05, 0) is 31.6 Å². The first-order chi connectivity index (χ1) is 13.8. The third-order valence-electron chi connectivity index (χ3n) is 5.86. The minimum Gasteiger partial charge on any atom is -0.376 e. The molecule has 1 aromatic heterocycles. The Balaban J connectivity index is 2.27. The van der Waals surface area contributed by atoms with Gasteiger partial charge in [0.05, 0.1) is 12.4 Å². The van der Waals surface area contributed by atoms with E-state index in [9.17, 15) is 14.7 Å². The number of carbonyl (C=O) groups is 2. The summed E-state index contributed by atoms with van der Waals surface area (Å²) in [5, 5.41) is 14.3. The number of imidazole rings is 1. The predicted molar refractivity (Wildman–Crippen MR) is 112 cm³/mol. The summed E-state index contributed by atoms with van der Waals surface area (Å²) in [6, 6.07) is -0.459. The number of nitrogens with two attached hydrogens (primary N) is 1. The zero-order valence-electron chi connectivity index (χ0n) is 18.0. The molecule has 0 saturated heterocycles. The second kappa shape index (κ2) is 10.7. The molecule has 2 amide bonds. The quantitative estimate of drug-likeness (QED) is 0.483. The van der Waals surface area contributed by atoms with Crippen molar-refractivity contribution in [2.75, 3.05) is 6.54 Å². The van der Waals surface area contributed by atoms with Crippen LogP contribution in [0.15, 0.2) is 18.7 Å². The van der Waals surface area contributed by atoms with Crippen molar-refractivity contribution >= 4 is 11.8 Å². The first-order valence-electron chi connectivity index (χ1n) is 10.7. The van der Waals surface area contributed by atoms with Crippen LogP contribution in [0.1, 0.15) is 65.7 Å². The Morgan fingerprint density at radius 3 is 2.52 bits per heavy atom. The van der Waals surface area contributed by atoms with Gasteiger partial charge in [0, 0.05) is 32.4 Å². The Bertz CT molecular complexity index is 641. The molecule has 0 aliphatic heterocycles. The van der Waals surface area contributed by atoms with Crippen LogP contribution in [0.2, 0.25) is 0 Å². The maximum absolute atomic E-state index is 12.6. The molecule has 0 spiro atoms. The van der Waals surface area contributed by atoms with Crippen molar-refractivity contribution in [3.8, 4) is 0 Å². The largest absolute Gasteiger partial charge is 0.376 e. The third-order valence-corrected chi connectivity index (χ3v) is 5.86. The molecule has 1 aliphatic rings. The summed E-state index contributed by atoms with van der Waals surface area (Å²) in [5.74, 6) is -0.292. The van der Waals surface area contributed by atoms with Gasteiger partial charge in [0.1, 0.15) is 11.8 Å². The molecule has 0 aromatic carbocycles. The molecule has 1 fully saturated rings. The van der Waals surface area contributed by atoms with Crippen LogP contribution < -0.4 is 11.1 Å². The number of aryl methyl sites for hydroxylation is 1. The maximum Gasteiger partial charge on any atom is 0.238 e. The Labute approximate surface area is 173 Å². The number of nitrogens with one attached hydrogen (secondary N) is 1. The fourth-order valence-corrected chi connectivity index (χ4v) is 4.50. The molecule has 8 heteroatoms. The average molecular weight is 408 g/mol. The number of aromatic nitrogens is 2. The molecule has 0 bridgehead atoms. The predicted octanol–water partition coefficient (Wildman–Crippen LogP) is 1.63. The first kappa shape index (κ1) is 23.3. The van der Waals surface area contributed by atoms with E-state index in [4.69, 9.17) is 5.73 Å². The van der Waals surface area contributed by atoms with E-state index in [0.29, 0.717) is 25.8 Å². The van der Waals surface area contributed by atoms with Crippen LogP contribution in [0.4, 0.5) is 0 Å². The van der Waals surface area contributed by atoms with Crippen molar-refractivity contribution in [2.24, 2.45) is 11.7 Å². The number of rotatable bonds is 11. The molecule has 2 rings (SSSR count). The van der Waals surface area contributed by atoms with Gasteiger partial charge < -0.3 is 20.7 Å².